The quantitative estimate of drug-likeness (QED) is 0.812. The molecule has 0 aliphatic rings. The summed E-state index contributed by atoms with van der Waals surface area (Å²) in [5, 5.41) is 7.57. The molecule has 0 bridgehead atoms. The van der Waals surface area contributed by atoms with E-state index in [-0.39, 0.29) is 6.61 Å². The molecule has 0 heterocycles. The minimum Gasteiger partial charge on any atom is -0.397 e. The van der Waals surface area contributed by atoms with Gasteiger partial charge in [-0.25, -0.2) is 8.78 Å². The molecule has 0 spiro atoms. The average molecular weight is 250 g/mol. The van der Waals surface area contributed by atoms with E-state index in [1.165, 1.54) is 12.1 Å². The van der Waals surface area contributed by atoms with E-state index in [1.54, 1.807) is 6.92 Å². The Bertz CT molecular complexity index is 472. The summed E-state index contributed by atoms with van der Waals surface area (Å²) in [5.74, 6) is -1.10. The normalized spacial score (nSPS) is 9.61. The van der Waals surface area contributed by atoms with Crippen LogP contribution in [0.15, 0.2) is 42.5 Å². The predicted molar refractivity (Wildman–Crippen MR) is 69.3 cm³/mol. The molecule has 0 aliphatic heterocycles. The van der Waals surface area contributed by atoms with Gasteiger partial charge < -0.3 is 5.11 Å². The number of hydrogen-bond donors (Lipinski definition) is 1. The van der Waals surface area contributed by atoms with Crippen molar-refractivity contribution in [2.24, 2.45) is 0 Å². The van der Waals surface area contributed by atoms with Crippen LogP contribution in [0, 0.1) is 18.6 Å². The van der Waals surface area contributed by atoms with Gasteiger partial charge in [0.15, 0.2) is 0 Å². The fourth-order valence-electron chi connectivity index (χ4n) is 1.47. The van der Waals surface area contributed by atoms with E-state index >= 15 is 0 Å². The summed E-state index contributed by atoms with van der Waals surface area (Å²) in [7, 11) is 0. The van der Waals surface area contributed by atoms with E-state index in [0.29, 0.717) is 5.56 Å². The van der Waals surface area contributed by atoms with E-state index in [9.17, 15) is 8.78 Å². The molecule has 3 heteroatoms. The van der Waals surface area contributed by atoms with Crippen molar-refractivity contribution < 1.29 is 13.9 Å². The van der Waals surface area contributed by atoms with Crippen LogP contribution in [-0.4, -0.2) is 11.7 Å². The number of aliphatic hydroxyl groups excluding tert-OH is 1. The second-order valence-electron chi connectivity index (χ2n) is 3.84. The molecule has 0 saturated carbocycles. The molecular formula is C15H16F2O. The summed E-state index contributed by atoms with van der Waals surface area (Å²) in [4.78, 5) is 0. The van der Waals surface area contributed by atoms with Crippen LogP contribution >= 0.6 is 0 Å². The van der Waals surface area contributed by atoms with Gasteiger partial charge in [-0.3, -0.25) is 0 Å². The lowest BCUT2D eigenvalue weighted by molar-refractivity contribution is 0.318. The molecule has 0 radical (unpaired) electrons. The molecule has 1 nitrogen and oxygen atoms in total. The maximum Gasteiger partial charge on any atom is 0.126 e. The van der Waals surface area contributed by atoms with Crippen molar-refractivity contribution in [2.75, 3.05) is 6.61 Å². The van der Waals surface area contributed by atoms with E-state index in [4.69, 9.17) is 5.11 Å². The Morgan fingerprint density at radius 1 is 0.889 bits per heavy atom. The lowest BCUT2D eigenvalue weighted by atomic mass is 10.0. The number of hydrogen-bond acceptors (Lipinski definition) is 1. The first-order valence-corrected chi connectivity index (χ1v) is 5.70. The topological polar surface area (TPSA) is 20.2 Å². The first kappa shape index (κ1) is 14.3. The Balaban J connectivity index is 0.000000492. The second-order valence-corrected chi connectivity index (χ2v) is 3.84. The Kier molecular flexibility index (Phi) is 5.46. The summed E-state index contributed by atoms with van der Waals surface area (Å²) in [6.45, 7) is 3.90. The molecule has 1 N–H and O–H groups in total. The third kappa shape index (κ3) is 4.26. The van der Waals surface area contributed by atoms with Crippen molar-refractivity contribution in [3.8, 4) is 11.1 Å². The first-order chi connectivity index (χ1) is 8.56. The SMILES string of the molecule is CCO.Cc1ccc(-c2cc(F)cc(F)c2)cc1. The van der Waals surface area contributed by atoms with Gasteiger partial charge in [-0.05, 0) is 37.1 Å². The molecular weight excluding hydrogens is 234 g/mol. The number of aryl methyl sites for hydroxylation is 1. The van der Waals surface area contributed by atoms with Gasteiger partial charge in [0.25, 0.3) is 0 Å². The van der Waals surface area contributed by atoms with Crippen LogP contribution in [0.4, 0.5) is 8.78 Å². The van der Waals surface area contributed by atoms with Gasteiger partial charge in [-0.1, -0.05) is 29.8 Å². The van der Waals surface area contributed by atoms with Crippen molar-refractivity contribution >= 4 is 0 Å². The third-order valence-electron chi connectivity index (χ3n) is 2.25. The molecule has 0 fully saturated rings. The van der Waals surface area contributed by atoms with E-state index in [2.05, 4.69) is 0 Å². The smallest absolute Gasteiger partial charge is 0.126 e. The van der Waals surface area contributed by atoms with E-state index in [1.807, 2.05) is 31.2 Å². The number of rotatable bonds is 1. The van der Waals surface area contributed by atoms with Gasteiger partial charge in [0, 0.05) is 12.7 Å². The Morgan fingerprint density at radius 3 is 1.78 bits per heavy atom. The predicted octanol–water partition coefficient (Wildman–Crippen LogP) is 3.94. The molecule has 18 heavy (non-hydrogen) atoms. The zero-order chi connectivity index (χ0) is 13.5. The molecule has 0 saturated heterocycles. The lowest BCUT2D eigenvalue weighted by Crippen LogP contribution is -1.84. The van der Waals surface area contributed by atoms with Crippen LogP contribution in [0.5, 0.6) is 0 Å². The lowest BCUT2D eigenvalue weighted by Gasteiger charge is -2.02. The Labute approximate surface area is 106 Å². The molecule has 0 aromatic heterocycles. The molecule has 2 rings (SSSR count). The highest BCUT2D eigenvalue weighted by Crippen LogP contribution is 2.21. The molecule has 0 unspecified atom stereocenters. The average Bonchev–Trinajstić information content (AvgIpc) is 2.29. The zero-order valence-electron chi connectivity index (χ0n) is 10.5. The van der Waals surface area contributed by atoms with Crippen LogP contribution in [0.2, 0.25) is 0 Å². The van der Waals surface area contributed by atoms with Crippen molar-refractivity contribution in [3.05, 3.63) is 59.7 Å². The van der Waals surface area contributed by atoms with Crippen LogP contribution in [0.3, 0.4) is 0 Å². The number of halogens is 2. The van der Waals surface area contributed by atoms with Crippen molar-refractivity contribution in [2.45, 2.75) is 13.8 Å². The largest absolute Gasteiger partial charge is 0.397 e. The molecule has 0 amide bonds. The summed E-state index contributed by atoms with van der Waals surface area (Å²) in [6.07, 6.45) is 0. The number of aliphatic hydroxyl groups is 1. The highest BCUT2D eigenvalue weighted by Gasteiger charge is 2.02. The second kappa shape index (κ2) is 6.87. The summed E-state index contributed by atoms with van der Waals surface area (Å²) in [5.41, 5.74) is 2.50. The fraction of sp³-hybridized carbons (Fsp3) is 0.200. The monoisotopic (exact) mass is 250 g/mol. The minimum atomic E-state index is -0.550. The first-order valence-electron chi connectivity index (χ1n) is 5.70. The third-order valence-corrected chi connectivity index (χ3v) is 2.25. The van der Waals surface area contributed by atoms with Gasteiger partial charge >= 0.3 is 0 Å². The highest BCUT2D eigenvalue weighted by molar-refractivity contribution is 5.63. The fourth-order valence-corrected chi connectivity index (χ4v) is 1.47. The summed E-state index contributed by atoms with van der Waals surface area (Å²) in [6, 6.07) is 11.1. The molecule has 0 aliphatic carbocycles. The number of benzene rings is 2. The molecule has 96 valence electrons. The van der Waals surface area contributed by atoms with E-state index < -0.39 is 11.6 Å². The Morgan fingerprint density at radius 2 is 1.33 bits per heavy atom. The highest BCUT2D eigenvalue weighted by atomic mass is 19.1. The molecule has 0 atom stereocenters. The standard InChI is InChI=1S/C13H10F2.C2H6O/c1-9-2-4-10(5-3-9)11-6-12(14)8-13(15)7-11;1-2-3/h2-8H,1H3;3H,2H2,1H3. The summed E-state index contributed by atoms with van der Waals surface area (Å²) < 4.78 is 25.9. The van der Waals surface area contributed by atoms with E-state index in [0.717, 1.165) is 17.2 Å². The van der Waals surface area contributed by atoms with Crippen LogP contribution < -0.4 is 0 Å². The van der Waals surface area contributed by atoms with Crippen LogP contribution in [-0.2, 0) is 0 Å². The summed E-state index contributed by atoms with van der Waals surface area (Å²) >= 11 is 0. The molecule has 2 aromatic carbocycles. The maximum absolute atomic E-state index is 13.0. The van der Waals surface area contributed by atoms with Crippen molar-refractivity contribution in [3.63, 3.8) is 0 Å². The minimum absolute atomic E-state index is 0.250. The Hall–Kier alpha value is -1.74. The van der Waals surface area contributed by atoms with Gasteiger partial charge in [0.2, 0.25) is 0 Å². The van der Waals surface area contributed by atoms with Gasteiger partial charge in [0.1, 0.15) is 11.6 Å². The maximum atomic E-state index is 13.0. The van der Waals surface area contributed by atoms with Crippen LogP contribution in [0.1, 0.15) is 12.5 Å². The van der Waals surface area contributed by atoms with Gasteiger partial charge in [-0.2, -0.15) is 0 Å². The van der Waals surface area contributed by atoms with Crippen molar-refractivity contribution in [1.82, 2.24) is 0 Å². The van der Waals surface area contributed by atoms with Gasteiger partial charge in [0.05, 0.1) is 0 Å². The van der Waals surface area contributed by atoms with Gasteiger partial charge in [-0.15, -0.1) is 0 Å². The van der Waals surface area contributed by atoms with Crippen molar-refractivity contribution in [1.29, 1.82) is 0 Å². The van der Waals surface area contributed by atoms with Crippen LogP contribution in [0.25, 0.3) is 11.1 Å². The molecule has 2 aromatic rings. The zero-order valence-corrected chi connectivity index (χ0v) is 10.5.